The predicted octanol–water partition coefficient (Wildman–Crippen LogP) is 3.91. The quantitative estimate of drug-likeness (QED) is 0.691. The number of rotatable bonds is 7. The van der Waals surface area contributed by atoms with E-state index < -0.39 is 6.04 Å². The van der Waals surface area contributed by atoms with Crippen LogP contribution in [0, 0.1) is 5.41 Å². The Kier molecular flexibility index (Phi) is 5.49. The van der Waals surface area contributed by atoms with E-state index >= 15 is 0 Å². The summed E-state index contributed by atoms with van der Waals surface area (Å²) >= 11 is 0. The second-order valence-electron chi connectivity index (χ2n) is 8.77. The van der Waals surface area contributed by atoms with Gasteiger partial charge in [0.2, 0.25) is 5.95 Å². The van der Waals surface area contributed by atoms with Crippen molar-refractivity contribution >= 4 is 11.7 Å². The number of hydrogen-bond acceptors (Lipinski definition) is 7. The summed E-state index contributed by atoms with van der Waals surface area (Å²) in [5.74, 6) is 2.01. The molecule has 0 fully saturated rings. The van der Waals surface area contributed by atoms with Crippen molar-refractivity contribution in [2.45, 2.75) is 58.9 Å². The Bertz CT molecular complexity index is 979. The minimum absolute atomic E-state index is 0.100. The maximum absolute atomic E-state index is 13.1. The highest BCUT2D eigenvalue weighted by Gasteiger charge is 2.41. The Balaban J connectivity index is 1.71. The number of nitrogens with zero attached hydrogens (tertiary/aromatic N) is 4. The summed E-state index contributed by atoms with van der Waals surface area (Å²) in [4.78, 5) is 13.1. The first-order chi connectivity index (χ1) is 14.4. The molecular weight excluding hydrogens is 382 g/mol. The molecule has 4 rings (SSSR count). The Morgan fingerprint density at radius 3 is 2.83 bits per heavy atom. The SMILES string of the molecule is CCCCCOc1ccc(C2C3=C(CC(C)(C)CC3=O)Nc3nnnn32)cc1OC. The molecule has 0 radical (unpaired) electrons. The Morgan fingerprint density at radius 1 is 1.23 bits per heavy atom. The molecule has 2 aliphatic rings. The van der Waals surface area contributed by atoms with Gasteiger partial charge in [-0.15, -0.1) is 0 Å². The summed E-state index contributed by atoms with van der Waals surface area (Å²) in [6, 6.07) is 5.41. The van der Waals surface area contributed by atoms with Crippen LogP contribution in [0.3, 0.4) is 0 Å². The van der Waals surface area contributed by atoms with E-state index in [-0.39, 0.29) is 11.2 Å². The van der Waals surface area contributed by atoms with Crippen LogP contribution in [0.15, 0.2) is 29.5 Å². The Hall–Kier alpha value is -2.90. The van der Waals surface area contributed by atoms with E-state index in [4.69, 9.17) is 9.47 Å². The molecule has 2 heterocycles. The molecule has 0 spiro atoms. The van der Waals surface area contributed by atoms with E-state index in [1.165, 1.54) is 0 Å². The number of allylic oxidation sites excluding steroid dienone is 2. The van der Waals surface area contributed by atoms with Crippen molar-refractivity contribution in [2.24, 2.45) is 5.41 Å². The molecule has 0 saturated carbocycles. The fourth-order valence-electron chi connectivity index (χ4n) is 4.29. The fraction of sp³-hybridized carbons (Fsp3) is 0.545. The highest BCUT2D eigenvalue weighted by Crippen LogP contribution is 2.46. The molecule has 1 aromatic carbocycles. The van der Waals surface area contributed by atoms with Gasteiger partial charge in [-0.05, 0) is 46.4 Å². The zero-order valence-electron chi connectivity index (χ0n) is 18.1. The highest BCUT2D eigenvalue weighted by atomic mass is 16.5. The molecule has 160 valence electrons. The summed E-state index contributed by atoms with van der Waals surface area (Å²) in [7, 11) is 1.63. The maximum atomic E-state index is 13.1. The minimum atomic E-state index is -0.391. The number of Topliss-reactive ketones (excluding diaryl/α,β-unsaturated/α-hetero) is 1. The van der Waals surface area contributed by atoms with Crippen molar-refractivity contribution in [3.8, 4) is 11.5 Å². The Labute approximate surface area is 176 Å². The van der Waals surface area contributed by atoms with Crippen molar-refractivity contribution in [1.82, 2.24) is 20.2 Å². The lowest BCUT2D eigenvalue weighted by Crippen LogP contribution is -2.36. The number of ketones is 1. The zero-order valence-corrected chi connectivity index (χ0v) is 18.1. The number of aromatic nitrogens is 4. The van der Waals surface area contributed by atoms with Crippen LogP contribution < -0.4 is 14.8 Å². The second-order valence-corrected chi connectivity index (χ2v) is 8.77. The number of hydrogen-bond donors (Lipinski definition) is 1. The fourth-order valence-corrected chi connectivity index (χ4v) is 4.29. The third-order valence-electron chi connectivity index (χ3n) is 5.70. The van der Waals surface area contributed by atoms with E-state index in [1.807, 2.05) is 18.2 Å². The van der Waals surface area contributed by atoms with Gasteiger partial charge in [-0.1, -0.05) is 44.8 Å². The number of ether oxygens (including phenoxy) is 2. The summed E-state index contributed by atoms with van der Waals surface area (Å²) in [6.45, 7) is 7.03. The smallest absolute Gasteiger partial charge is 0.248 e. The van der Waals surface area contributed by atoms with Crippen LogP contribution in [0.2, 0.25) is 0 Å². The molecule has 1 unspecified atom stereocenters. The predicted molar refractivity (Wildman–Crippen MR) is 113 cm³/mol. The van der Waals surface area contributed by atoms with E-state index in [2.05, 4.69) is 41.6 Å². The lowest BCUT2D eigenvalue weighted by Gasteiger charge is -2.37. The molecule has 1 aliphatic heterocycles. The number of anilines is 1. The summed E-state index contributed by atoms with van der Waals surface area (Å²) in [5, 5.41) is 15.4. The van der Waals surface area contributed by atoms with Gasteiger partial charge in [0.05, 0.1) is 13.7 Å². The van der Waals surface area contributed by atoms with Gasteiger partial charge in [0.15, 0.2) is 17.3 Å². The Morgan fingerprint density at radius 2 is 2.07 bits per heavy atom. The van der Waals surface area contributed by atoms with E-state index in [0.717, 1.165) is 42.5 Å². The number of fused-ring (bicyclic) bond motifs is 1. The molecule has 1 atom stereocenters. The summed E-state index contributed by atoms with van der Waals surface area (Å²) < 4.78 is 13.2. The number of carbonyl (C=O) groups excluding carboxylic acids is 1. The number of benzene rings is 1. The average molecular weight is 412 g/mol. The monoisotopic (exact) mass is 411 g/mol. The molecule has 8 heteroatoms. The van der Waals surface area contributed by atoms with Gasteiger partial charge in [-0.3, -0.25) is 4.79 Å². The van der Waals surface area contributed by atoms with Gasteiger partial charge in [0.25, 0.3) is 0 Å². The number of tetrazole rings is 1. The molecule has 0 bridgehead atoms. The van der Waals surface area contributed by atoms with E-state index in [1.54, 1.807) is 11.8 Å². The normalized spacial score (nSPS) is 19.7. The third-order valence-corrected chi connectivity index (χ3v) is 5.70. The van der Waals surface area contributed by atoms with E-state index in [9.17, 15) is 4.79 Å². The van der Waals surface area contributed by atoms with Crippen LogP contribution in [-0.2, 0) is 4.79 Å². The molecule has 0 saturated heterocycles. The van der Waals surface area contributed by atoms with Crippen molar-refractivity contribution < 1.29 is 14.3 Å². The van der Waals surface area contributed by atoms with Gasteiger partial charge in [0.1, 0.15) is 6.04 Å². The zero-order chi connectivity index (χ0) is 21.3. The number of unbranched alkanes of at least 4 members (excludes halogenated alkanes) is 2. The lowest BCUT2D eigenvalue weighted by molar-refractivity contribution is -0.118. The molecule has 8 nitrogen and oxygen atoms in total. The van der Waals surface area contributed by atoms with Crippen LogP contribution in [0.1, 0.15) is 64.5 Å². The van der Waals surface area contributed by atoms with Crippen LogP contribution in [0.5, 0.6) is 11.5 Å². The lowest BCUT2D eigenvalue weighted by atomic mass is 9.73. The molecule has 1 N–H and O–H groups in total. The average Bonchev–Trinajstić information content (AvgIpc) is 3.17. The van der Waals surface area contributed by atoms with Gasteiger partial charge in [-0.25, -0.2) is 0 Å². The largest absolute Gasteiger partial charge is 0.493 e. The molecule has 1 aliphatic carbocycles. The number of carbonyl (C=O) groups is 1. The molecule has 2 aromatic rings. The first-order valence-corrected chi connectivity index (χ1v) is 10.6. The second kappa shape index (κ2) is 8.08. The minimum Gasteiger partial charge on any atom is -0.493 e. The highest BCUT2D eigenvalue weighted by molar-refractivity contribution is 6.00. The van der Waals surface area contributed by atoms with Crippen LogP contribution in [0.4, 0.5) is 5.95 Å². The van der Waals surface area contributed by atoms with Crippen molar-refractivity contribution in [2.75, 3.05) is 19.0 Å². The van der Waals surface area contributed by atoms with Crippen LogP contribution in [0.25, 0.3) is 0 Å². The number of methoxy groups -OCH3 is 1. The summed E-state index contributed by atoms with van der Waals surface area (Å²) in [6.07, 6.45) is 4.55. The third kappa shape index (κ3) is 3.78. The summed E-state index contributed by atoms with van der Waals surface area (Å²) in [5.41, 5.74) is 2.43. The number of nitrogens with one attached hydrogen (secondary N) is 1. The molecule has 30 heavy (non-hydrogen) atoms. The standard InChI is InChI=1S/C22H29N5O3/c1-5-6-7-10-30-17-9-8-14(11-18(17)29-4)20-19-15(12-22(2,3)13-16(19)28)23-21-24-25-26-27(20)21/h8-9,11,20H,5-7,10,12-13H2,1-4H3,(H,23,24,26). The van der Waals surface area contributed by atoms with Gasteiger partial charge >= 0.3 is 0 Å². The van der Waals surface area contributed by atoms with Crippen molar-refractivity contribution in [3.05, 3.63) is 35.0 Å². The molecular formula is C22H29N5O3. The first kappa shape index (κ1) is 20.4. The van der Waals surface area contributed by atoms with E-state index in [0.29, 0.717) is 30.5 Å². The topological polar surface area (TPSA) is 91.2 Å². The van der Waals surface area contributed by atoms with Gasteiger partial charge < -0.3 is 14.8 Å². The van der Waals surface area contributed by atoms with Crippen LogP contribution in [-0.4, -0.2) is 39.7 Å². The van der Waals surface area contributed by atoms with Crippen molar-refractivity contribution in [1.29, 1.82) is 0 Å². The van der Waals surface area contributed by atoms with Gasteiger partial charge in [-0.2, -0.15) is 4.68 Å². The molecule has 0 amide bonds. The first-order valence-electron chi connectivity index (χ1n) is 10.6. The van der Waals surface area contributed by atoms with Crippen LogP contribution >= 0.6 is 0 Å². The molecule has 1 aromatic heterocycles. The maximum Gasteiger partial charge on any atom is 0.248 e. The van der Waals surface area contributed by atoms with Gasteiger partial charge in [0, 0.05) is 17.7 Å². The van der Waals surface area contributed by atoms with Crippen molar-refractivity contribution in [3.63, 3.8) is 0 Å².